The molecule has 1 aromatic carbocycles. The van der Waals surface area contributed by atoms with Crippen LogP contribution >= 0.6 is 0 Å². The fraction of sp³-hybridized carbons (Fsp3) is 0.263. The molecule has 8 N–H and O–H groups in total. The quantitative estimate of drug-likeness (QED) is 0.349. The fourth-order valence-electron chi connectivity index (χ4n) is 3.20. The van der Waals surface area contributed by atoms with E-state index in [2.05, 4.69) is 66.9 Å². The van der Waals surface area contributed by atoms with E-state index in [-0.39, 0.29) is 5.95 Å². The van der Waals surface area contributed by atoms with Gasteiger partial charge in [0.25, 0.3) is 0 Å². The number of H-pyrrole nitrogens is 1. The van der Waals surface area contributed by atoms with Gasteiger partial charge in [0.15, 0.2) is 17.8 Å². The molecule has 3 aromatic rings. The zero-order chi connectivity index (χ0) is 20.4. The van der Waals surface area contributed by atoms with Crippen LogP contribution in [0.15, 0.2) is 35.6 Å². The number of imidazole rings is 1. The maximum Gasteiger partial charge on any atom is 0.224 e. The first-order valence-corrected chi connectivity index (χ1v) is 9.34. The SMILES string of the molecule is Cc1cccc(C2=CC(NCCNc3nc(N)nc4[nH]cnc34)=NC(N)N2)c1C. The molecule has 4 rings (SSSR count). The van der Waals surface area contributed by atoms with Crippen LogP contribution < -0.4 is 27.4 Å². The molecule has 0 amide bonds. The Hall–Kier alpha value is -3.66. The molecule has 29 heavy (non-hydrogen) atoms. The van der Waals surface area contributed by atoms with Gasteiger partial charge in [0, 0.05) is 30.4 Å². The maximum absolute atomic E-state index is 6.07. The first-order valence-electron chi connectivity index (χ1n) is 9.34. The number of benzene rings is 1. The standard InChI is InChI=1S/C19H24N10/c1-10-4-3-5-12(11(10)2)13-8-14(27-18(20)26-13)22-6-7-23-16-15-17(25-9-24-15)29-19(21)28-16/h3-5,8-9,18,26H,6-7,20H2,1-2H3,(H,22,27)(H4,21,23,24,25,28,29). The number of aromatic amines is 1. The normalized spacial score (nSPS) is 16.2. The molecule has 10 heteroatoms. The molecule has 1 aliphatic rings. The molecule has 0 spiro atoms. The molecule has 0 saturated heterocycles. The molecule has 0 radical (unpaired) electrons. The van der Waals surface area contributed by atoms with Crippen LogP contribution in [0.5, 0.6) is 0 Å². The molecule has 0 bridgehead atoms. The largest absolute Gasteiger partial charge is 0.368 e. The third-order valence-corrected chi connectivity index (χ3v) is 4.78. The second-order valence-corrected chi connectivity index (χ2v) is 6.79. The van der Waals surface area contributed by atoms with Crippen LogP contribution in [0.2, 0.25) is 0 Å². The highest BCUT2D eigenvalue weighted by atomic mass is 15.2. The second kappa shape index (κ2) is 7.76. The Morgan fingerprint density at radius 3 is 2.83 bits per heavy atom. The molecule has 150 valence electrons. The van der Waals surface area contributed by atoms with E-state index in [0.29, 0.717) is 30.1 Å². The van der Waals surface area contributed by atoms with E-state index in [9.17, 15) is 0 Å². The molecule has 0 fully saturated rings. The van der Waals surface area contributed by atoms with Crippen molar-refractivity contribution >= 4 is 34.5 Å². The first kappa shape index (κ1) is 18.7. The number of hydrogen-bond acceptors (Lipinski definition) is 9. The van der Waals surface area contributed by atoms with Gasteiger partial charge in [0.1, 0.15) is 11.4 Å². The van der Waals surface area contributed by atoms with Crippen molar-refractivity contribution < 1.29 is 0 Å². The molecule has 3 heterocycles. The van der Waals surface area contributed by atoms with Gasteiger partial charge in [-0.2, -0.15) is 9.97 Å². The van der Waals surface area contributed by atoms with E-state index in [1.54, 1.807) is 6.33 Å². The fourth-order valence-corrected chi connectivity index (χ4v) is 3.20. The van der Waals surface area contributed by atoms with E-state index in [1.165, 1.54) is 11.1 Å². The summed E-state index contributed by atoms with van der Waals surface area (Å²) in [6.45, 7) is 5.40. The van der Waals surface area contributed by atoms with Crippen LogP contribution in [0.1, 0.15) is 16.7 Å². The lowest BCUT2D eigenvalue weighted by molar-refractivity contribution is 0.642. The van der Waals surface area contributed by atoms with Crippen LogP contribution in [0.4, 0.5) is 11.8 Å². The highest BCUT2D eigenvalue weighted by Gasteiger charge is 2.15. The zero-order valence-electron chi connectivity index (χ0n) is 16.3. The Morgan fingerprint density at radius 1 is 1.14 bits per heavy atom. The molecule has 10 nitrogen and oxygen atoms in total. The highest BCUT2D eigenvalue weighted by Crippen LogP contribution is 2.21. The van der Waals surface area contributed by atoms with E-state index in [4.69, 9.17) is 11.5 Å². The maximum atomic E-state index is 6.07. The average Bonchev–Trinajstić information content (AvgIpc) is 3.15. The second-order valence-electron chi connectivity index (χ2n) is 6.79. The van der Waals surface area contributed by atoms with Crippen LogP contribution in [-0.4, -0.2) is 45.2 Å². The van der Waals surface area contributed by atoms with Gasteiger partial charge in [0.2, 0.25) is 5.95 Å². The number of aliphatic imine (C=N–C) groups is 1. The molecular formula is C19H24N10. The van der Waals surface area contributed by atoms with Crippen molar-refractivity contribution in [3.8, 4) is 0 Å². The monoisotopic (exact) mass is 392 g/mol. The molecular weight excluding hydrogens is 368 g/mol. The third-order valence-electron chi connectivity index (χ3n) is 4.78. The number of fused-ring (bicyclic) bond motifs is 1. The third kappa shape index (κ3) is 3.97. The minimum absolute atomic E-state index is 0.187. The zero-order valence-corrected chi connectivity index (χ0v) is 16.3. The van der Waals surface area contributed by atoms with Gasteiger partial charge in [-0.25, -0.2) is 9.98 Å². The van der Waals surface area contributed by atoms with E-state index < -0.39 is 6.29 Å². The van der Waals surface area contributed by atoms with Gasteiger partial charge in [-0.05, 0) is 25.0 Å². The molecule has 0 saturated carbocycles. The van der Waals surface area contributed by atoms with E-state index in [0.717, 1.165) is 17.1 Å². The average molecular weight is 392 g/mol. The lowest BCUT2D eigenvalue weighted by atomic mass is 10.00. The van der Waals surface area contributed by atoms with Gasteiger partial charge in [-0.3, -0.25) is 5.73 Å². The molecule has 0 aliphatic carbocycles. The number of nitrogen functional groups attached to an aromatic ring is 1. The predicted molar refractivity (Wildman–Crippen MR) is 115 cm³/mol. The topological polar surface area (TPSA) is 155 Å². The molecule has 1 atom stereocenters. The number of aromatic nitrogens is 4. The van der Waals surface area contributed by atoms with Gasteiger partial charge in [-0.15, -0.1) is 0 Å². The molecule has 1 aliphatic heterocycles. The van der Waals surface area contributed by atoms with Crippen molar-refractivity contribution in [1.82, 2.24) is 30.6 Å². The number of rotatable bonds is 5. The van der Waals surface area contributed by atoms with Crippen molar-refractivity contribution in [2.24, 2.45) is 10.7 Å². The Morgan fingerprint density at radius 2 is 1.97 bits per heavy atom. The molecule has 2 aromatic heterocycles. The smallest absolute Gasteiger partial charge is 0.224 e. The summed E-state index contributed by atoms with van der Waals surface area (Å²) >= 11 is 0. The lowest BCUT2D eigenvalue weighted by Gasteiger charge is -2.23. The van der Waals surface area contributed by atoms with E-state index in [1.807, 2.05) is 12.1 Å². The van der Waals surface area contributed by atoms with Crippen molar-refractivity contribution in [1.29, 1.82) is 0 Å². The Kier molecular flexibility index (Phi) is 5.00. The summed E-state index contributed by atoms with van der Waals surface area (Å²) in [6.07, 6.45) is 3.03. The Bertz CT molecular complexity index is 1100. The number of anilines is 2. The molecule has 1 unspecified atom stereocenters. The summed E-state index contributed by atoms with van der Waals surface area (Å²) in [5, 5.41) is 9.75. The van der Waals surface area contributed by atoms with Crippen molar-refractivity contribution in [2.75, 3.05) is 24.1 Å². The minimum atomic E-state index is -0.504. The number of hydrogen-bond donors (Lipinski definition) is 6. The number of nitrogens with one attached hydrogen (secondary N) is 4. The van der Waals surface area contributed by atoms with Crippen LogP contribution in [0, 0.1) is 13.8 Å². The van der Waals surface area contributed by atoms with Gasteiger partial charge < -0.3 is 26.7 Å². The van der Waals surface area contributed by atoms with Gasteiger partial charge >= 0.3 is 0 Å². The van der Waals surface area contributed by atoms with Gasteiger partial charge in [-0.1, -0.05) is 18.2 Å². The van der Waals surface area contributed by atoms with Crippen molar-refractivity contribution in [3.05, 3.63) is 47.3 Å². The van der Waals surface area contributed by atoms with E-state index >= 15 is 0 Å². The minimum Gasteiger partial charge on any atom is -0.368 e. The lowest BCUT2D eigenvalue weighted by Crippen LogP contribution is -2.41. The summed E-state index contributed by atoms with van der Waals surface area (Å²) in [5.74, 6) is 1.50. The first-order chi connectivity index (χ1) is 14.0. The summed E-state index contributed by atoms with van der Waals surface area (Å²) in [4.78, 5) is 19.9. The number of aryl methyl sites for hydroxylation is 1. The summed E-state index contributed by atoms with van der Waals surface area (Å²) in [5.41, 5.74) is 17.6. The van der Waals surface area contributed by atoms with Crippen molar-refractivity contribution in [3.63, 3.8) is 0 Å². The number of amidine groups is 1. The number of nitrogens with two attached hydrogens (primary N) is 2. The summed E-state index contributed by atoms with van der Waals surface area (Å²) in [6, 6.07) is 6.21. The summed E-state index contributed by atoms with van der Waals surface area (Å²) < 4.78 is 0. The van der Waals surface area contributed by atoms with Gasteiger partial charge in [0.05, 0.1) is 6.33 Å². The summed E-state index contributed by atoms with van der Waals surface area (Å²) in [7, 11) is 0. The highest BCUT2D eigenvalue weighted by molar-refractivity contribution is 6.00. The van der Waals surface area contributed by atoms with Crippen LogP contribution in [-0.2, 0) is 0 Å². The van der Waals surface area contributed by atoms with Crippen molar-refractivity contribution in [2.45, 2.75) is 20.1 Å². The Labute approximate surface area is 167 Å². The van der Waals surface area contributed by atoms with Crippen LogP contribution in [0.25, 0.3) is 16.9 Å². The number of nitrogens with zero attached hydrogens (tertiary/aromatic N) is 4. The van der Waals surface area contributed by atoms with Crippen LogP contribution in [0.3, 0.4) is 0 Å². The Balaban J connectivity index is 1.42. The predicted octanol–water partition coefficient (Wildman–Crippen LogP) is 0.839.